The van der Waals surface area contributed by atoms with Crippen LogP contribution in [0.2, 0.25) is 0 Å². The highest BCUT2D eigenvalue weighted by molar-refractivity contribution is 7.99. The van der Waals surface area contributed by atoms with Gasteiger partial charge in [0.15, 0.2) is 0 Å². The van der Waals surface area contributed by atoms with Crippen LogP contribution in [0.1, 0.15) is 22.3 Å². The van der Waals surface area contributed by atoms with Gasteiger partial charge in [0, 0.05) is 29.0 Å². The average molecular weight is 568 g/mol. The summed E-state index contributed by atoms with van der Waals surface area (Å²) in [5, 5.41) is 0. The molecule has 0 N–H and O–H groups in total. The minimum atomic E-state index is -5.33. The summed E-state index contributed by atoms with van der Waals surface area (Å²) < 4.78 is 95.5. The highest BCUT2D eigenvalue weighted by atomic mass is 32.2. The van der Waals surface area contributed by atoms with Crippen molar-refractivity contribution in [3.63, 3.8) is 0 Å². The smallest absolute Gasteiger partial charge is 0.418 e. The minimum absolute atomic E-state index is 0.213. The maximum atomic E-state index is 14.1. The van der Waals surface area contributed by atoms with Crippen molar-refractivity contribution in [1.29, 1.82) is 0 Å². The molecule has 1 heterocycles. The highest BCUT2D eigenvalue weighted by Crippen LogP contribution is 2.48. The lowest BCUT2D eigenvalue weighted by Gasteiger charge is -2.25. The summed E-state index contributed by atoms with van der Waals surface area (Å²) in [6.07, 6.45) is -9.00. The summed E-state index contributed by atoms with van der Waals surface area (Å²) in [4.78, 5) is 13.4. The van der Waals surface area contributed by atoms with Gasteiger partial charge in [-0.05, 0) is 41.5 Å². The van der Waals surface area contributed by atoms with Crippen LogP contribution in [-0.2, 0) is 28.5 Å². The number of rotatable bonds is 7. The number of morpholine rings is 1. The molecule has 3 aromatic rings. The summed E-state index contributed by atoms with van der Waals surface area (Å²) in [7, 11) is 0. The van der Waals surface area contributed by atoms with Crippen LogP contribution in [0.4, 0.5) is 26.3 Å². The Morgan fingerprint density at radius 2 is 1.59 bits per heavy atom. The molecule has 3 aromatic carbocycles. The highest BCUT2D eigenvalue weighted by Gasteiger charge is 2.46. The van der Waals surface area contributed by atoms with Crippen molar-refractivity contribution in [3.05, 3.63) is 95.1 Å². The number of amides is 1. The molecule has 4 rings (SSSR count). The molecule has 0 unspecified atom stereocenters. The van der Waals surface area contributed by atoms with Crippen molar-refractivity contribution < 1.29 is 40.6 Å². The van der Waals surface area contributed by atoms with Crippen LogP contribution >= 0.6 is 11.8 Å². The van der Waals surface area contributed by atoms with Crippen molar-refractivity contribution in [2.45, 2.75) is 28.8 Å². The van der Waals surface area contributed by atoms with Crippen LogP contribution in [0, 0.1) is 0 Å². The molecule has 0 spiro atoms. The molecule has 206 valence electrons. The molecule has 11 heteroatoms. The lowest BCUT2D eigenvalue weighted by atomic mass is 9.99. The molecule has 1 fully saturated rings. The van der Waals surface area contributed by atoms with Crippen LogP contribution in [0.25, 0.3) is 6.08 Å². The fourth-order valence-corrected chi connectivity index (χ4v) is 4.99. The van der Waals surface area contributed by atoms with Crippen molar-refractivity contribution in [3.8, 4) is 5.75 Å². The topological polar surface area (TPSA) is 38.8 Å². The number of hydrogen-bond donors (Lipinski definition) is 0. The first-order chi connectivity index (χ1) is 18.5. The van der Waals surface area contributed by atoms with E-state index in [-0.39, 0.29) is 37.8 Å². The molecule has 0 aromatic heterocycles. The van der Waals surface area contributed by atoms with Gasteiger partial charge in [-0.3, -0.25) is 4.79 Å². The van der Waals surface area contributed by atoms with Crippen LogP contribution in [0.3, 0.4) is 0 Å². The molecule has 4 nitrogen and oxygen atoms in total. The van der Waals surface area contributed by atoms with Crippen molar-refractivity contribution in [2.24, 2.45) is 0 Å². The van der Waals surface area contributed by atoms with Crippen LogP contribution < -0.4 is 4.74 Å². The second-order valence-electron chi connectivity index (χ2n) is 8.52. The first-order valence-electron chi connectivity index (χ1n) is 11.8. The predicted octanol–water partition coefficient (Wildman–Crippen LogP) is 7.33. The Bertz CT molecular complexity index is 1320. The molecule has 0 aliphatic carbocycles. The van der Waals surface area contributed by atoms with Crippen LogP contribution in [0.5, 0.6) is 5.75 Å². The zero-order valence-corrected chi connectivity index (χ0v) is 21.2. The molecule has 0 radical (unpaired) electrons. The van der Waals surface area contributed by atoms with Gasteiger partial charge in [0.25, 0.3) is 0 Å². The summed E-state index contributed by atoms with van der Waals surface area (Å²) in [5.41, 5.74) is -3.53. The van der Waals surface area contributed by atoms with E-state index in [1.54, 1.807) is 12.1 Å². The van der Waals surface area contributed by atoms with Gasteiger partial charge < -0.3 is 14.4 Å². The summed E-state index contributed by atoms with van der Waals surface area (Å²) in [6, 6.07) is 17.2. The molecular weight excluding hydrogens is 544 g/mol. The Morgan fingerprint density at radius 3 is 2.26 bits per heavy atom. The van der Waals surface area contributed by atoms with Gasteiger partial charge in [-0.1, -0.05) is 54.2 Å². The average Bonchev–Trinajstić information content (AvgIpc) is 2.91. The molecule has 1 aliphatic heterocycles. The largest absolute Gasteiger partial charge is 0.489 e. The molecule has 0 saturated carbocycles. The van der Waals surface area contributed by atoms with E-state index in [0.29, 0.717) is 17.5 Å². The number of halogens is 6. The fourth-order valence-electron chi connectivity index (χ4n) is 3.96. The van der Waals surface area contributed by atoms with Crippen molar-refractivity contribution in [1.82, 2.24) is 4.90 Å². The number of ether oxygens (including phenoxy) is 2. The SMILES string of the molecule is O=C(C=Cc1ccc(Sc2cccc(OCc3ccccc3)c2)c(C(F)(F)F)c1C(F)(F)F)N1CCOCC1. The van der Waals surface area contributed by atoms with Crippen molar-refractivity contribution in [2.75, 3.05) is 26.3 Å². The first kappa shape index (κ1) is 28.6. The zero-order valence-electron chi connectivity index (χ0n) is 20.4. The number of nitrogens with zero attached hydrogens (tertiary/aromatic N) is 1. The maximum Gasteiger partial charge on any atom is 0.418 e. The van der Waals surface area contributed by atoms with E-state index in [9.17, 15) is 31.1 Å². The monoisotopic (exact) mass is 567 g/mol. The van der Waals surface area contributed by atoms with Gasteiger partial charge in [0.05, 0.1) is 24.3 Å². The fraction of sp³-hybridized carbons (Fsp3) is 0.250. The lowest BCUT2D eigenvalue weighted by Crippen LogP contribution is -2.39. The first-order valence-corrected chi connectivity index (χ1v) is 12.6. The standard InChI is InChI=1S/C28H23F6NO3S/c29-27(30,31)25-20(10-12-24(36)35-13-15-37-16-14-35)9-11-23(26(25)28(32,33)34)39-22-8-4-7-21(17-22)38-18-19-5-2-1-3-6-19/h1-12,17H,13-16,18H2. The van der Waals surface area contributed by atoms with Crippen LogP contribution in [0.15, 0.2) is 82.6 Å². The molecule has 0 bridgehead atoms. The van der Waals surface area contributed by atoms with Gasteiger partial charge in [0.1, 0.15) is 12.4 Å². The van der Waals surface area contributed by atoms with E-state index < -0.39 is 39.8 Å². The second-order valence-corrected chi connectivity index (χ2v) is 9.64. The number of carbonyl (C=O) groups is 1. The third-order valence-electron chi connectivity index (χ3n) is 5.78. The molecule has 1 amide bonds. The molecule has 0 atom stereocenters. The Balaban J connectivity index is 1.65. The molecular formula is C28H23F6NO3S. The lowest BCUT2D eigenvalue weighted by molar-refractivity contribution is -0.163. The quantitative estimate of drug-likeness (QED) is 0.222. The summed E-state index contributed by atoms with van der Waals surface area (Å²) >= 11 is 0.550. The minimum Gasteiger partial charge on any atom is -0.489 e. The summed E-state index contributed by atoms with van der Waals surface area (Å²) in [6.45, 7) is 1.25. The van der Waals surface area contributed by atoms with E-state index >= 15 is 0 Å². The Morgan fingerprint density at radius 1 is 0.897 bits per heavy atom. The van der Waals surface area contributed by atoms with Gasteiger partial charge in [-0.25, -0.2) is 0 Å². The van der Waals surface area contributed by atoms with E-state index in [1.807, 2.05) is 30.3 Å². The second kappa shape index (κ2) is 12.2. The van der Waals surface area contributed by atoms with Gasteiger partial charge in [-0.2, -0.15) is 26.3 Å². The number of hydrogen-bond acceptors (Lipinski definition) is 4. The van der Waals surface area contributed by atoms with E-state index in [1.165, 1.54) is 17.0 Å². The Hall–Kier alpha value is -3.44. The van der Waals surface area contributed by atoms with Crippen molar-refractivity contribution >= 4 is 23.7 Å². The van der Waals surface area contributed by atoms with Gasteiger partial charge in [0.2, 0.25) is 5.91 Å². The Kier molecular flexibility index (Phi) is 8.91. The van der Waals surface area contributed by atoms with E-state index in [0.717, 1.165) is 29.8 Å². The number of benzene rings is 3. The normalized spacial score (nSPS) is 14.6. The number of alkyl halides is 6. The Labute approximate surface area is 225 Å². The molecule has 1 aliphatic rings. The third kappa shape index (κ3) is 7.57. The summed E-state index contributed by atoms with van der Waals surface area (Å²) in [5.74, 6) is -0.250. The van der Waals surface area contributed by atoms with Crippen LogP contribution in [-0.4, -0.2) is 37.1 Å². The zero-order chi connectivity index (χ0) is 28.0. The van der Waals surface area contributed by atoms with Gasteiger partial charge >= 0.3 is 12.4 Å². The third-order valence-corrected chi connectivity index (χ3v) is 6.83. The van der Waals surface area contributed by atoms with E-state index in [2.05, 4.69) is 0 Å². The number of carbonyl (C=O) groups excluding carboxylic acids is 1. The molecule has 39 heavy (non-hydrogen) atoms. The maximum absolute atomic E-state index is 14.1. The molecule has 1 saturated heterocycles. The predicted molar refractivity (Wildman–Crippen MR) is 134 cm³/mol. The van der Waals surface area contributed by atoms with E-state index in [4.69, 9.17) is 9.47 Å². The van der Waals surface area contributed by atoms with Gasteiger partial charge in [-0.15, -0.1) is 0 Å².